The predicted octanol–water partition coefficient (Wildman–Crippen LogP) is 0.695. The van der Waals surface area contributed by atoms with Crippen LogP contribution in [0.2, 0.25) is 0 Å². The third kappa shape index (κ3) is 3.49. The molecule has 6 nitrogen and oxygen atoms in total. The summed E-state index contributed by atoms with van der Waals surface area (Å²) in [6, 6.07) is -0.223. The number of nitrogens with zero attached hydrogens (tertiary/aromatic N) is 3. The van der Waals surface area contributed by atoms with Gasteiger partial charge in [-0.15, -0.1) is 10.2 Å². The summed E-state index contributed by atoms with van der Waals surface area (Å²) in [6.45, 7) is 3.84. The van der Waals surface area contributed by atoms with E-state index in [9.17, 15) is 4.79 Å². The molecule has 1 aromatic heterocycles. The molecule has 1 rings (SSSR count). The summed E-state index contributed by atoms with van der Waals surface area (Å²) in [6.07, 6.45) is 3.11. The van der Waals surface area contributed by atoms with Crippen molar-refractivity contribution in [3.05, 3.63) is 12.2 Å². The summed E-state index contributed by atoms with van der Waals surface area (Å²) >= 11 is 4.92. The summed E-state index contributed by atoms with van der Waals surface area (Å²) in [4.78, 5) is 12.3. The summed E-state index contributed by atoms with van der Waals surface area (Å²) < 4.78 is 1.76. The highest BCUT2D eigenvalue weighted by atomic mass is 32.1. The van der Waals surface area contributed by atoms with Crippen LogP contribution in [0, 0.1) is 5.92 Å². The molecular weight excluding hydrogens is 250 g/mol. The van der Waals surface area contributed by atoms with Crippen LogP contribution in [0.25, 0.3) is 0 Å². The van der Waals surface area contributed by atoms with E-state index in [4.69, 9.17) is 18.0 Å². The molecule has 0 radical (unpaired) electrons. The van der Waals surface area contributed by atoms with Crippen molar-refractivity contribution in [1.82, 2.24) is 20.1 Å². The fourth-order valence-corrected chi connectivity index (χ4v) is 1.98. The van der Waals surface area contributed by atoms with E-state index < -0.39 is 5.92 Å². The number of aryl methyl sites for hydroxylation is 1. The molecule has 1 heterocycles. The Labute approximate surface area is 112 Å². The van der Waals surface area contributed by atoms with Gasteiger partial charge in [-0.2, -0.15) is 0 Å². The number of carbonyl (C=O) groups excluding carboxylic acids is 1. The molecule has 0 saturated carbocycles. The van der Waals surface area contributed by atoms with Crippen molar-refractivity contribution in [2.45, 2.75) is 32.7 Å². The van der Waals surface area contributed by atoms with E-state index in [1.807, 2.05) is 20.9 Å². The van der Waals surface area contributed by atoms with Gasteiger partial charge >= 0.3 is 0 Å². The number of thiocarbonyl (C=S) groups is 1. The van der Waals surface area contributed by atoms with E-state index in [-0.39, 0.29) is 16.9 Å². The molecule has 0 aliphatic rings. The van der Waals surface area contributed by atoms with Crippen LogP contribution in [-0.2, 0) is 11.8 Å². The Bertz CT molecular complexity index is 431. The standard InChI is InChI=1S/C11H19N5OS/c1-4-5-8(9(12)18)11(17)14-7(2)10-15-13-6-16(10)3/h6-8H,4-5H2,1-3H3,(H2,12,18)(H,14,17). The highest BCUT2D eigenvalue weighted by Gasteiger charge is 2.23. The van der Waals surface area contributed by atoms with Gasteiger partial charge in [0.1, 0.15) is 6.33 Å². The lowest BCUT2D eigenvalue weighted by Gasteiger charge is -2.18. The second kappa shape index (κ2) is 6.44. The van der Waals surface area contributed by atoms with Gasteiger partial charge in [-0.3, -0.25) is 4.79 Å². The molecule has 0 aliphatic carbocycles. The third-order valence-electron chi connectivity index (χ3n) is 2.73. The molecule has 0 bridgehead atoms. The highest BCUT2D eigenvalue weighted by molar-refractivity contribution is 7.80. The molecule has 2 unspecified atom stereocenters. The molecule has 0 spiro atoms. The average Bonchev–Trinajstić information content (AvgIpc) is 2.71. The zero-order chi connectivity index (χ0) is 13.7. The average molecular weight is 269 g/mol. The highest BCUT2D eigenvalue weighted by Crippen LogP contribution is 2.12. The lowest BCUT2D eigenvalue weighted by molar-refractivity contribution is -0.123. The molecular formula is C11H19N5OS. The van der Waals surface area contributed by atoms with Crippen molar-refractivity contribution in [3.63, 3.8) is 0 Å². The molecule has 100 valence electrons. The molecule has 0 saturated heterocycles. The van der Waals surface area contributed by atoms with E-state index in [0.29, 0.717) is 12.2 Å². The summed E-state index contributed by atoms with van der Waals surface area (Å²) in [5.74, 6) is 0.127. The number of hydrogen-bond donors (Lipinski definition) is 2. The van der Waals surface area contributed by atoms with Crippen LogP contribution >= 0.6 is 12.2 Å². The second-order valence-corrected chi connectivity index (χ2v) is 4.75. The first-order valence-electron chi connectivity index (χ1n) is 5.91. The SMILES string of the molecule is CCCC(C(=O)NC(C)c1nncn1C)C(N)=S. The first-order chi connectivity index (χ1) is 8.47. The number of nitrogens with two attached hydrogens (primary N) is 1. The molecule has 3 N–H and O–H groups in total. The Morgan fingerprint density at radius 2 is 2.33 bits per heavy atom. The van der Waals surface area contributed by atoms with E-state index in [1.54, 1.807) is 10.9 Å². The number of hydrogen-bond acceptors (Lipinski definition) is 4. The Hall–Kier alpha value is -1.50. The zero-order valence-corrected chi connectivity index (χ0v) is 11.7. The Morgan fingerprint density at radius 1 is 1.67 bits per heavy atom. The number of aromatic nitrogens is 3. The van der Waals surface area contributed by atoms with Gasteiger partial charge in [-0.05, 0) is 13.3 Å². The lowest BCUT2D eigenvalue weighted by Crippen LogP contribution is -2.39. The van der Waals surface area contributed by atoms with Crippen LogP contribution in [0.5, 0.6) is 0 Å². The zero-order valence-electron chi connectivity index (χ0n) is 10.9. The fraction of sp³-hybridized carbons (Fsp3) is 0.636. The van der Waals surface area contributed by atoms with Crippen LogP contribution in [-0.4, -0.2) is 25.7 Å². The molecule has 1 amide bonds. The predicted molar refractivity (Wildman–Crippen MR) is 72.7 cm³/mol. The molecule has 0 fully saturated rings. The van der Waals surface area contributed by atoms with Gasteiger partial charge in [0, 0.05) is 7.05 Å². The van der Waals surface area contributed by atoms with Crippen molar-refractivity contribution in [3.8, 4) is 0 Å². The minimum absolute atomic E-state index is 0.153. The van der Waals surface area contributed by atoms with Crippen LogP contribution in [0.15, 0.2) is 6.33 Å². The van der Waals surface area contributed by atoms with Gasteiger partial charge in [0.15, 0.2) is 5.82 Å². The van der Waals surface area contributed by atoms with Gasteiger partial charge in [-0.25, -0.2) is 0 Å². The monoisotopic (exact) mass is 269 g/mol. The van der Waals surface area contributed by atoms with Crippen molar-refractivity contribution in [1.29, 1.82) is 0 Å². The normalized spacial score (nSPS) is 13.9. The minimum atomic E-state index is -0.416. The van der Waals surface area contributed by atoms with Crippen molar-refractivity contribution < 1.29 is 4.79 Å². The van der Waals surface area contributed by atoms with Crippen LogP contribution in [0.3, 0.4) is 0 Å². The summed E-state index contributed by atoms with van der Waals surface area (Å²) in [5.41, 5.74) is 5.59. The van der Waals surface area contributed by atoms with Gasteiger partial charge in [0.2, 0.25) is 5.91 Å². The maximum absolute atomic E-state index is 12.1. The molecule has 7 heteroatoms. The van der Waals surface area contributed by atoms with Gasteiger partial charge in [0.05, 0.1) is 16.9 Å². The first kappa shape index (κ1) is 14.6. The Kier molecular flexibility index (Phi) is 5.21. The molecule has 18 heavy (non-hydrogen) atoms. The summed E-state index contributed by atoms with van der Waals surface area (Å²) in [5, 5.41) is 10.6. The number of carbonyl (C=O) groups is 1. The van der Waals surface area contributed by atoms with E-state index in [0.717, 1.165) is 6.42 Å². The van der Waals surface area contributed by atoms with Crippen LogP contribution in [0.4, 0.5) is 0 Å². The first-order valence-corrected chi connectivity index (χ1v) is 6.31. The number of amides is 1. The van der Waals surface area contributed by atoms with Gasteiger partial charge in [-0.1, -0.05) is 25.6 Å². The Morgan fingerprint density at radius 3 is 2.78 bits per heavy atom. The van der Waals surface area contributed by atoms with Crippen LogP contribution in [0.1, 0.15) is 38.6 Å². The van der Waals surface area contributed by atoms with Crippen molar-refractivity contribution >= 4 is 23.1 Å². The topological polar surface area (TPSA) is 85.8 Å². The van der Waals surface area contributed by atoms with E-state index in [2.05, 4.69) is 15.5 Å². The number of rotatable bonds is 6. The largest absolute Gasteiger partial charge is 0.393 e. The minimum Gasteiger partial charge on any atom is -0.393 e. The van der Waals surface area contributed by atoms with E-state index in [1.165, 1.54) is 0 Å². The van der Waals surface area contributed by atoms with Crippen LogP contribution < -0.4 is 11.1 Å². The maximum atomic E-state index is 12.1. The molecule has 2 atom stereocenters. The Balaban J connectivity index is 2.69. The smallest absolute Gasteiger partial charge is 0.230 e. The lowest BCUT2D eigenvalue weighted by atomic mass is 10.0. The number of nitrogens with one attached hydrogen (secondary N) is 1. The molecule has 1 aromatic rings. The maximum Gasteiger partial charge on any atom is 0.230 e. The van der Waals surface area contributed by atoms with Gasteiger partial charge < -0.3 is 15.6 Å². The fourth-order valence-electron chi connectivity index (χ4n) is 1.75. The molecule has 0 aromatic carbocycles. The van der Waals surface area contributed by atoms with E-state index >= 15 is 0 Å². The van der Waals surface area contributed by atoms with Gasteiger partial charge in [0.25, 0.3) is 0 Å². The molecule has 0 aliphatic heterocycles. The summed E-state index contributed by atoms with van der Waals surface area (Å²) in [7, 11) is 1.83. The third-order valence-corrected chi connectivity index (χ3v) is 3.01. The quantitative estimate of drug-likeness (QED) is 0.742. The second-order valence-electron chi connectivity index (χ2n) is 4.27. The van der Waals surface area contributed by atoms with Crippen molar-refractivity contribution in [2.24, 2.45) is 18.7 Å². The van der Waals surface area contributed by atoms with Crippen molar-refractivity contribution in [2.75, 3.05) is 0 Å².